The highest BCUT2D eigenvalue weighted by Gasteiger charge is 2.16. The SMILES string of the molecule is Cc1ccc(C(=O)NC(C#N)c2ccccn2)cc1C. The molecule has 4 nitrogen and oxygen atoms in total. The number of amides is 1. The Bertz CT molecular complexity index is 659. The zero-order valence-corrected chi connectivity index (χ0v) is 11.4. The normalized spacial score (nSPS) is 11.4. The van der Waals surface area contributed by atoms with E-state index in [-0.39, 0.29) is 5.91 Å². The molecule has 0 fully saturated rings. The van der Waals surface area contributed by atoms with Crippen molar-refractivity contribution in [3.05, 3.63) is 65.0 Å². The molecule has 0 bridgehead atoms. The number of carbonyl (C=O) groups is 1. The summed E-state index contributed by atoms with van der Waals surface area (Å²) in [4.78, 5) is 16.3. The van der Waals surface area contributed by atoms with Gasteiger partial charge in [0.15, 0.2) is 6.04 Å². The van der Waals surface area contributed by atoms with Crippen LogP contribution < -0.4 is 5.32 Å². The third-order valence-electron chi connectivity index (χ3n) is 3.16. The summed E-state index contributed by atoms with van der Waals surface area (Å²) in [6, 6.07) is 12.0. The largest absolute Gasteiger partial charge is 0.331 e. The topological polar surface area (TPSA) is 65.8 Å². The van der Waals surface area contributed by atoms with Crippen molar-refractivity contribution in [1.29, 1.82) is 5.26 Å². The number of nitrogens with one attached hydrogen (secondary N) is 1. The molecule has 0 spiro atoms. The predicted molar refractivity (Wildman–Crippen MR) is 76.0 cm³/mol. The van der Waals surface area contributed by atoms with Gasteiger partial charge in [-0.25, -0.2) is 0 Å². The van der Waals surface area contributed by atoms with Crippen molar-refractivity contribution in [2.45, 2.75) is 19.9 Å². The highest BCUT2D eigenvalue weighted by molar-refractivity contribution is 5.94. The number of nitriles is 1. The second-order valence-electron chi connectivity index (χ2n) is 4.59. The maximum absolute atomic E-state index is 12.2. The lowest BCUT2D eigenvalue weighted by Gasteiger charge is -2.11. The van der Waals surface area contributed by atoms with E-state index < -0.39 is 6.04 Å². The minimum Gasteiger partial charge on any atom is -0.331 e. The molecule has 1 aromatic heterocycles. The molecule has 0 aliphatic heterocycles. The smallest absolute Gasteiger partial charge is 0.252 e. The van der Waals surface area contributed by atoms with Gasteiger partial charge in [-0.3, -0.25) is 9.78 Å². The van der Waals surface area contributed by atoms with Crippen LogP contribution in [0.15, 0.2) is 42.6 Å². The summed E-state index contributed by atoms with van der Waals surface area (Å²) in [5.74, 6) is -0.273. The molecule has 2 aromatic rings. The van der Waals surface area contributed by atoms with E-state index in [1.165, 1.54) is 0 Å². The first-order chi connectivity index (χ1) is 9.61. The van der Waals surface area contributed by atoms with Gasteiger partial charge in [-0.15, -0.1) is 0 Å². The van der Waals surface area contributed by atoms with Crippen LogP contribution in [-0.4, -0.2) is 10.9 Å². The molecule has 0 saturated heterocycles. The Balaban J connectivity index is 2.18. The molecule has 4 heteroatoms. The van der Waals surface area contributed by atoms with Gasteiger partial charge in [0.2, 0.25) is 0 Å². The van der Waals surface area contributed by atoms with Crippen molar-refractivity contribution < 1.29 is 4.79 Å². The van der Waals surface area contributed by atoms with E-state index in [1.807, 2.05) is 26.0 Å². The van der Waals surface area contributed by atoms with Gasteiger partial charge in [0.1, 0.15) is 0 Å². The van der Waals surface area contributed by atoms with E-state index in [0.29, 0.717) is 11.3 Å². The number of hydrogen-bond donors (Lipinski definition) is 1. The van der Waals surface area contributed by atoms with Crippen molar-refractivity contribution in [3.8, 4) is 6.07 Å². The molecule has 1 atom stereocenters. The molecule has 2 rings (SSSR count). The van der Waals surface area contributed by atoms with E-state index >= 15 is 0 Å². The lowest BCUT2D eigenvalue weighted by Crippen LogP contribution is -2.28. The summed E-state index contributed by atoms with van der Waals surface area (Å²) in [6.45, 7) is 3.94. The first kappa shape index (κ1) is 13.8. The Labute approximate surface area is 118 Å². The van der Waals surface area contributed by atoms with Crippen LogP contribution in [0.4, 0.5) is 0 Å². The fourth-order valence-electron chi connectivity index (χ4n) is 1.82. The van der Waals surface area contributed by atoms with E-state index in [0.717, 1.165) is 11.1 Å². The molecule has 0 aliphatic carbocycles. The van der Waals surface area contributed by atoms with Gasteiger partial charge in [-0.1, -0.05) is 12.1 Å². The van der Waals surface area contributed by atoms with Crippen molar-refractivity contribution >= 4 is 5.91 Å². The Morgan fingerprint density at radius 3 is 2.65 bits per heavy atom. The van der Waals surface area contributed by atoms with E-state index in [4.69, 9.17) is 5.26 Å². The number of hydrogen-bond acceptors (Lipinski definition) is 3. The fraction of sp³-hybridized carbons (Fsp3) is 0.188. The Hall–Kier alpha value is -2.67. The van der Waals surface area contributed by atoms with Crippen LogP contribution >= 0.6 is 0 Å². The molecule has 1 aromatic carbocycles. The molecule has 0 radical (unpaired) electrons. The van der Waals surface area contributed by atoms with Crippen LogP contribution in [0.2, 0.25) is 0 Å². The second kappa shape index (κ2) is 5.98. The zero-order valence-electron chi connectivity index (χ0n) is 11.4. The summed E-state index contributed by atoms with van der Waals surface area (Å²) in [7, 11) is 0. The zero-order chi connectivity index (χ0) is 14.5. The molecule has 1 unspecified atom stereocenters. The molecule has 0 aliphatic rings. The summed E-state index contributed by atoms with van der Waals surface area (Å²) in [5, 5.41) is 11.9. The molecule has 20 heavy (non-hydrogen) atoms. The minimum absolute atomic E-state index is 0.273. The van der Waals surface area contributed by atoms with Gasteiger partial charge in [0.05, 0.1) is 11.8 Å². The average molecular weight is 265 g/mol. The number of pyridine rings is 1. The van der Waals surface area contributed by atoms with Gasteiger partial charge >= 0.3 is 0 Å². The standard InChI is InChI=1S/C16H15N3O/c1-11-6-7-13(9-12(11)2)16(20)19-15(10-17)14-5-3-4-8-18-14/h3-9,15H,1-2H3,(H,19,20). The first-order valence-corrected chi connectivity index (χ1v) is 6.30. The Morgan fingerprint density at radius 1 is 1.25 bits per heavy atom. The molecule has 0 saturated carbocycles. The maximum atomic E-state index is 12.2. The molecule has 100 valence electrons. The number of aryl methyl sites for hydroxylation is 2. The third kappa shape index (κ3) is 3.01. The highest BCUT2D eigenvalue weighted by atomic mass is 16.1. The van der Waals surface area contributed by atoms with Gasteiger partial charge in [-0.2, -0.15) is 5.26 Å². The quantitative estimate of drug-likeness (QED) is 0.927. The van der Waals surface area contributed by atoms with Gasteiger partial charge < -0.3 is 5.32 Å². The first-order valence-electron chi connectivity index (χ1n) is 6.30. The van der Waals surface area contributed by atoms with E-state index in [1.54, 1.807) is 30.5 Å². The summed E-state index contributed by atoms with van der Waals surface area (Å²) >= 11 is 0. The number of rotatable bonds is 3. The minimum atomic E-state index is -0.745. The number of nitrogens with zero attached hydrogens (tertiary/aromatic N) is 2. The number of benzene rings is 1. The molecule has 1 amide bonds. The van der Waals surface area contributed by atoms with Crippen molar-refractivity contribution in [3.63, 3.8) is 0 Å². The van der Waals surface area contributed by atoms with Crippen LogP contribution in [-0.2, 0) is 0 Å². The van der Waals surface area contributed by atoms with E-state index in [2.05, 4.69) is 16.4 Å². The van der Waals surface area contributed by atoms with Crippen LogP contribution in [0.1, 0.15) is 33.2 Å². The van der Waals surface area contributed by atoms with Crippen molar-refractivity contribution in [2.75, 3.05) is 0 Å². The van der Waals surface area contributed by atoms with Crippen LogP contribution in [0.5, 0.6) is 0 Å². The molecular formula is C16H15N3O. The highest BCUT2D eigenvalue weighted by Crippen LogP contribution is 2.13. The van der Waals surface area contributed by atoms with Crippen LogP contribution in [0.25, 0.3) is 0 Å². The monoisotopic (exact) mass is 265 g/mol. The maximum Gasteiger partial charge on any atom is 0.252 e. The predicted octanol–water partition coefficient (Wildman–Crippen LogP) is 2.69. The summed E-state index contributed by atoms with van der Waals surface area (Å²) < 4.78 is 0. The van der Waals surface area contributed by atoms with Crippen molar-refractivity contribution in [1.82, 2.24) is 10.3 Å². The summed E-state index contributed by atoms with van der Waals surface area (Å²) in [6.07, 6.45) is 1.60. The average Bonchev–Trinajstić information content (AvgIpc) is 2.48. The fourth-order valence-corrected chi connectivity index (χ4v) is 1.82. The number of aromatic nitrogens is 1. The Kier molecular flexibility index (Phi) is 4.11. The van der Waals surface area contributed by atoms with Gasteiger partial charge in [0, 0.05) is 11.8 Å². The van der Waals surface area contributed by atoms with Gasteiger partial charge in [-0.05, 0) is 49.2 Å². The number of carbonyl (C=O) groups excluding carboxylic acids is 1. The molecule has 1 heterocycles. The van der Waals surface area contributed by atoms with Crippen LogP contribution in [0, 0.1) is 25.2 Å². The third-order valence-corrected chi connectivity index (χ3v) is 3.16. The van der Waals surface area contributed by atoms with E-state index in [9.17, 15) is 4.79 Å². The Morgan fingerprint density at radius 2 is 2.05 bits per heavy atom. The molecule has 1 N–H and O–H groups in total. The van der Waals surface area contributed by atoms with Gasteiger partial charge in [0.25, 0.3) is 5.91 Å². The van der Waals surface area contributed by atoms with Crippen molar-refractivity contribution in [2.24, 2.45) is 0 Å². The van der Waals surface area contributed by atoms with Crippen LogP contribution in [0.3, 0.4) is 0 Å². The summed E-state index contributed by atoms with van der Waals surface area (Å²) in [5.41, 5.74) is 3.25. The lowest BCUT2D eigenvalue weighted by atomic mass is 10.1. The lowest BCUT2D eigenvalue weighted by molar-refractivity contribution is 0.0944. The second-order valence-corrected chi connectivity index (χ2v) is 4.59. The molecular weight excluding hydrogens is 250 g/mol.